The minimum Gasteiger partial charge on any atom is -0.300 e. The van der Waals surface area contributed by atoms with Gasteiger partial charge in [0.05, 0.1) is 24.3 Å². The average molecular weight is 408 g/mol. The standard InChI is InChI=1S/C21H20N4O3S/c1-11-23-24-21(29-11)22-16(26)10-15(12-5-3-2-4-6-12)25-19(27)17-13-7-8-14(9-13)18(17)20(25)28/h2-8,13-15,17-18H,9-10H2,1H3,(H,22,24,26). The molecule has 1 aliphatic heterocycles. The van der Waals surface area contributed by atoms with Crippen LogP contribution >= 0.6 is 11.3 Å². The van der Waals surface area contributed by atoms with Gasteiger partial charge in [0.25, 0.3) is 0 Å². The molecule has 1 saturated heterocycles. The highest BCUT2D eigenvalue weighted by atomic mass is 32.1. The maximum absolute atomic E-state index is 13.3. The molecule has 7 nitrogen and oxygen atoms in total. The summed E-state index contributed by atoms with van der Waals surface area (Å²) in [7, 11) is 0. The number of likely N-dealkylation sites (tertiary alicyclic amines) is 1. The molecule has 3 amide bonds. The van der Waals surface area contributed by atoms with Crippen molar-refractivity contribution in [2.45, 2.75) is 25.8 Å². The Morgan fingerprint density at radius 2 is 1.79 bits per heavy atom. The number of nitrogens with zero attached hydrogens (tertiary/aromatic N) is 3. The monoisotopic (exact) mass is 408 g/mol. The minimum atomic E-state index is -0.629. The Labute approximate surface area is 171 Å². The van der Waals surface area contributed by atoms with Gasteiger partial charge in [0.2, 0.25) is 22.9 Å². The molecule has 148 valence electrons. The van der Waals surface area contributed by atoms with Gasteiger partial charge in [-0.25, -0.2) is 0 Å². The fourth-order valence-corrected chi connectivity index (χ4v) is 5.57. The summed E-state index contributed by atoms with van der Waals surface area (Å²) in [6, 6.07) is 8.66. The smallest absolute Gasteiger partial charge is 0.234 e. The van der Waals surface area contributed by atoms with Gasteiger partial charge in [-0.05, 0) is 30.7 Å². The van der Waals surface area contributed by atoms with Crippen molar-refractivity contribution in [3.63, 3.8) is 0 Å². The molecule has 1 saturated carbocycles. The first-order valence-corrected chi connectivity index (χ1v) is 10.5. The molecule has 2 heterocycles. The Hall–Kier alpha value is -2.87. The number of allylic oxidation sites excluding steroid dienone is 2. The van der Waals surface area contributed by atoms with Crippen LogP contribution in [0.4, 0.5) is 5.13 Å². The molecule has 1 N–H and O–H groups in total. The van der Waals surface area contributed by atoms with E-state index in [1.165, 1.54) is 16.2 Å². The van der Waals surface area contributed by atoms with Gasteiger partial charge in [0, 0.05) is 0 Å². The number of fused-ring (bicyclic) bond motifs is 5. The number of benzene rings is 1. The fraction of sp³-hybridized carbons (Fsp3) is 0.381. The maximum atomic E-state index is 13.3. The van der Waals surface area contributed by atoms with Crippen LogP contribution in [0.15, 0.2) is 42.5 Å². The summed E-state index contributed by atoms with van der Waals surface area (Å²) in [6.07, 6.45) is 5.01. The first-order chi connectivity index (χ1) is 14.0. The number of carbonyl (C=O) groups excluding carboxylic acids is 3. The van der Waals surface area contributed by atoms with Crippen LogP contribution in [-0.4, -0.2) is 32.8 Å². The molecule has 2 aromatic rings. The van der Waals surface area contributed by atoms with Crippen LogP contribution in [0.1, 0.15) is 29.5 Å². The summed E-state index contributed by atoms with van der Waals surface area (Å²) in [4.78, 5) is 40.6. The van der Waals surface area contributed by atoms with E-state index in [2.05, 4.69) is 27.7 Å². The third-order valence-electron chi connectivity index (χ3n) is 6.15. The molecule has 2 bridgehead atoms. The molecule has 5 atom stereocenters. The number of aryl methyl sites for hydroxylation is 1. The van der Waals surface area contributed by atoms with Crippen molar-refractivity contribution in [3.05, 3.63) is 53.1 Å². The predicted molar refractivity (Wildman–Crippen MR) is 107 cm³/mol. The summed E-state index contributed by atoms with van der Waals surface area (Å²) in [6.45, 7) is 1.81. The molecule has 29 heavy (non-hydrogen) atoms. The van der Waals surface area contributed by atoms with Gasteiger partial charge in [-0.15, -0.1) is 10.2 Å². The van der Waals surface area contributed by atoms with Crippen molar-refractivity contribution in [1.82, 2.24) is 15.1 Å². The third kappa shape index (κ3) is 2.98. The number of hydrogen-bond acceptors (Lipinski definition) is 6. The molecule has 2 fully saturated rings. The number of nitrogens with one attached hydrogen (secondary N) is 1. The fourth-order valence-electron chi connectivity index (χ4n) is 4.96. The summed E-state index contributed by atoms with van der Waals surface area (Å²) < 4.78 is 0. The number of rotatable bonds is 5. The summed E-state index contributed by atoms with van der Waals surface area (Å²) in [5, 5.41) is 11.7. The lowest BCUT2D eigenvalue weighted by atomic mass is 9.85. The molecule has 5 unspecified atom stereocenters. The molecule has 3 aliphatic rings. The largest absolute Gasteiger partial charge is 0.300 e. The van der Waals surface area contributed by atoms with E-state index in [4.69, 9.17) is 0 Å². The number of carbonyl (C=O) groups is 3. The lowest BCUT2D eigenvalue weighted by Gasteiger charge is -2.27. The number of hydrogen-bond donors (Lipinski definition) is 1. The van der Waals surface area contributed by atoms with Crippen molar-refractivity contribution in [2.75, 3.05) is 5.32 Å². The lowest BCUT2D eigenvalue weighted by Crippen LogP contribution is -2.38. The third-order valence-corrected chi connectivity index (χ3v) is 6.91. The highest BCUT2D eigenvalue weighted by Gasteiger charge is 2.60. The van der Waals surface area contributed by atoms with Crippen LogP contribution in [0.25, 0.3) is 0 Å². The lowest BCUT2D eigenvalue weighted by molar-refractivity contribution is -0.144. The predicted octanol–water partition coefficient (Wildman–Crippen LogP) is 2.72. The molecular weight excluding hydrogens is 388 g/mol. The minimum absolute atomic E-state index is 0.0116. The summed E-state index contributed by atoms with van der Waals surface area (Å²) >= 11 is 1.28. The molecule has 8 heteroatoms. The Morgan fingerprint density at radius 1 is 1.14 bits per heavy atom. The highest BCUT2D eigenvalue weighted by molar-refractivity contribution is 7.15. The van der Waals surface area contributed by atoms with E-state index in [0.717, 1.165) is 17.0 Å². The van der Waals surface area contributed by atoms with Gasteiger partial charge in [0.15, 0.2) is 0 Å². The van der Waals surface area contributed by atoms with Crippen LogP contribution in [0.5, 0.6) is 0 Å². The van der Waals surface area contributed by atoms with Crippen LogP contribution in [0.3, 0.4) is 0 Å². The number of aromatic nitrogens is 2. The summed E-state index contributed by atoms with van der Waals surface area (Å²) in [5.74, 6) is -0.874. The second-order valence-corrected chi connectivity index (χ2v) is 9.03. The van der Waals surface area contributed by atoms with E-state index in [1.54, 1.807) is 0 Å². The molecule has 1 aromatic carbocycles. The van der Waals surface area contributed by atoms with E-state index in [-0.39, 0.29) is 47.8 Å². The average Bonchev–Trinajstić information content (AvgIpc) is 3.47. The molecule has 5 rings (SSSR count). The second kappa shape index (κ2) is 6.88. The molecule has 0 spiro atoms. The summed E-state index contributed by atoms with van der Waals surface area (Å²) in [5.41, 5.74) is 0.776. The van der Waals surface area contributed by atoms with Gasteiger partial charge in [-0.3, -0.25) is 19.3 Å². The molecule has 1 aromatic heterocycles. The van der Waals surface area contributed by atoms with Crippen LogP contribution in [0.2, 0.25) is 0 Å². The van der Waals surface area contributed by atoms with Gasteiger partial charge >= 0.3 is 0 Å². The Balaban J connectivity index is 1.43. The number of amides is 3. The zero-order chi connectivity index (χ0) is 20.1. The quantitative estimate of drug-likeness (QED) is 0.607. The highest BCUT2D eigenvalue weighted by Crippen LogP contribution is 2.54. The topological polar surface area (TPSA) is 92.3 Å². The van der Waals surface area contributed by atoms with Crippen LogP contribution in [0, 0.1) is 30.6 Å². The van der Waals surface area contributed by atoms with Gasteiger partial charge in [-0.2, -0.15) is 0 Å². The van der Waals surface area contributed by atoms with Crippen molar-refractivity contribution in [2.24, 2.45) is 23.7 Å². The van der Waals surface area contributed by atoms with Crippen molar-refractivity contribution in [1.29, 1.82) is 0 Å². The van der Waals surface area contributed by atoms with Gasteiger partial charge in [-0.1, -0.05) is 53.8 Å². The number of anilines is 1. The Bertz CT molecular complexity index is 988. The van der Waals surface area contributed by atoms with Crippen molar-refractivity contribution >= 4 is 34.2 Å². The Morgan fingerprint density at radius 3 is 2.38 bits per heavy atom. The van der Waals surface area contributed by atoms with E-state index in [9.17, 15) is 14.4 Å². The van der Waals surface area contributed by atoms with Crippen molar-refractivity contribution < 1.29 is 14.4 Å². The zero-order valence-corrected chi connectivity index (χ0v) is 16.6. The van der Waals surface area contributed by atoms with Crippen molar-refractivity contribution in [3.8, 4) is 0 Å². The second-order valence-electron chi connectivity index (χ2n) is 7.85. The molecule has 0 radical (unpaired) electrons. The van der Waals surface area contributed by atoms with E-state index in [1.807, 2.05) is 37.3 Å². The van der Waals surface area contributed by atoms with E-state index in [0.29, 0.717) is 5.13 Å². The number of imide groups is 1. The van der Waals surface area contributed by atoms with Crippen LogP contribution < -0.4 is 5.32 Å². The maximum Gasteiger partial charge on any atom is 0.234 e. The molecular formula is C21H20N4O3S. The van der Waals surface area contributed by atoms with Gasteiger partial charge in [0.1, 0.15) is 5.01 Å². The normalized spacial score (nSPS) is 28.1. The SMILES string of the molecule is Cc1nnc(NC(=O)CC(c2ccccc2)N2C(=O)C3C4C=CC(C4)C3C2=O)s1. The molecule has 2 aliphatic carbocycles. The zero-order valence-electron chi connectivity index (χ0n) is 15.8. The van der Waals surface area contributed by atoms with Gasteiger partial charge < -0.3 is 5.32 Å². The first-order valence-electron chi connectivity index (χ1n) is 9.73. The van der Waals surface area contributed by atoms with E-state index < -0.39 is 6.04 Å². The van der Waals surface area contributed by atoms with E-state index >= 15 is 0 Å². The Kier molecular flexibility index (Phi) is 4.31. The first kappa shape index (κ1) is 18.2. The van der Waals surface area contributed by atoms with Crippen LogP contribution in [-0.2, 0) is 14.4 Å².